The van der Waals surface area contributed by atoms with Crippen molar-refractivity contribution < 1.29 is 20.8 Å². The van der Waals surface area contributed by atoms with Crippen LogP contribution in [0.4, 0.5) is 0 Å². The highest BCUT2D eigenvalue weighted by Crippen LogP contribution is 2.23. The first-order chi connectivity index (χ1) is 7.29. The van der Waals surface area contributed by atoms with Gasteiger partial charge >= 0.3 is 0 Å². The smallest absolute Gasteiger partial charge is 0.142 e. The number of aromatic hydroxyl groups is 1. The summed E-state index contributed by atoms with van der Waals surface area (Å²) in [7, 11) is 0. The maximum Gasteiger partial charge on any atom is 0.142 e. The van der Waals surface area contributed by atoms with Gasteiger partial charge in [0, 0.05) is 21.4 Å². The average molecular weight is 173 g/mol. The maximum atomic E-state index is 9.59. The fraction of sp³-hybridized carbons (Fsp3) is 0.375. The third kappa shape index (κ3) is 1.39. The number of hydrogen-bond acceptors (Lipinski definition) is 4. The lowest BCUT2D eigenvalue weighted by atomic mass is 10.1. The molecule has 1 aromatic rings. The number of aryl methyl sites for hydroxylation is 1. The summed E-state index contributed by atoms with van der Waals surface area (Å²) >= 11 is 0. The predicted molar refractivity (Wildman–Crippen MR) is 42.5 cm³/mol. The van der Waals surface area contributed by atoms with Crippen molar-refractivity contribution in [3.8, 4) is 5.75 Å². The van der Waals surface area contributed by atoms with Gasteiger partial charge in [0.25, 0.3) is 0 Å². The minimum atomic E-state index is -2.64. The zero-order chi connectivity index (χ0) is 12.5. The Morgan fingerprint density at radius 3 is 2.92 bits per heavy atom. The van der Waals surface area contributed by atoms with E-state index < -0.39 is 31.5 Å². The molecule has 0 saturated heterocycles. The molecule has 3 N–H and O–H groups in total. The lowest BCUT2D eigenvalue weighted by Gasteiger charge is -2.07. The quantitative estimate of drug-likeness (QED) is 0.592. The van der Waals surface area contributed by atoms with Crippen LogP contribution < -0.4 is 0 Å². The monoisotopic (exact) mass is 173 g/mol. The molecule has 4 heteroatoms. The Hall–Kier alpha value is -1.13. The molecule has 1 rings (SSSR count). The van der Waals surface area contributed by atoms with Crippen molar-refractivity contribution in [1.82, 2.24) is 4.98 Å². The van der Waals surface area contributed by atoms with Gasteiger partial charge in [0.2, 0.25) is 0 Å². The summed E-state index contributed by atoms with van der Waals surface area (Å²) < 4.78 is 28.3. The molecule has 0 aliphatic carbocycles. The molecule has 1 unspecified atom stereocenters. The van der Waals surface area contributed by atoms with Crippen LogP contribution in [0.5, 0.6) is 5.75 Å². The summed E-state index contributed by atoms with van der Waals surface area (Å²) in [5.41, 5.74) is -0.900. The Bertz CT molecular complexity index is 392. The molecule has 0 amide bonds. The summed E-state index contributed by atoms with van der Waals surface area (Å²) in [4.78, 5) is 3.50. The highest BCUT2D eigenvalue weighted by atomic mass is 16.3. The molecule has 1 atom stereocenters. The molecule has 0 aliphatic rings. The highest BCUT2D eigenvalue weighted by molar-refractivity contribution is 5.39. The van der Waals surface area contributed by atoms with Gasteiger partial charge in [-0.2, -0.15) is 0 Å². The SMILES string of the molecule is [2H]C(O)c1c(CO)cnc(C([2H])([2H])[2H])c1O. The Morgan fingerprint density at radius 1 is 1.67 bits per heavy atom. The minimum absolute atomic E-state index is 0.0213. The van der Waals surface area contributed by atoms with Crippen LogP contribution in [-0.4, -0.2) is 20.3 Å². The standard InChI is InChI=1S/C8H11NO3/c1-5-8(12)7(4-11)6(3-10)2-9-5/h2,10-12H,3-4H2,1H3/i1D3,4D. The van der Waals surface area contributed by atoms with Gasteiger partial charge in [-0.1, -0.05) is 0 Å². The number of pyridine rings is 1. The Kier molecular flexibility index (Phi) is 1.40. The fourth-order valence-corrected chi connectivity index (χ4v) is 0.823. The molecule has 0 radical (unpaired) electrons. The highest BCUT2D eigenvalue weighted by Gasteiger charge is 2.09. The summed E-state index contributed by atoms with van der Waals surface area (Å²) in [5, 5.41) is 27.6. The van der Waals surface area contributed by atoms with E-state index in [9.17, 15) is 5.11 Å². The Labute approximate surface area is 75.7 Å². The number of aromatic nitrogens is 1. The van der Waals surface area contributed by atoms with E-state index in [1.54, 1.807) is 0 Å². The maximum absolute atomic E-state index is 9.59. The normalized spacial score (nSPS) is 18.8. The second-order valence-corrected chi connectivity index (χ2v) is 2.18. The molecule has 4 nitrogen and oxygen atoms in total. The van der Waals surface area contributed by atoms with Crippen molar-refractivity contribution >= 4 is 0 Å². The summed E-state index contributed by atoms with van der Waals surface area (Å²) in [6.45, 7) is -5.01. The van der Waals surface area contributed by atoms with E-state index in [0.717, 1.165) is 6.20 Å². The zero-order valence-corrected chi connectivity index (χ0v) is 6.15. The van der Waals surface area contributed by atoms with E-state index in [-0.39, 0.29) is 11.1 Å². The Morgan fingerprint density at radius 2 is 2.42 bits per heavy atom. The molecule has 12 heavy (non-hydrogen) atoms. The summed E-state index contributed by atoms with van der Waals surface area (Å²) in [5.74, 6) is -0.769. The molecule has 0 fully saturated rings. The van der Waals surface area contributed by atoms with Gasteiger partial charge in [0.15, 0.2) is 0 Å². The van der Waals surface area contributed by atoms with E-state index in [4.69, 9.17) is 15.7 Å². The van der Waals surface area contributed by atoms with Crippen LogP contribution in [0.25, 0.3) is 0 Å². The van der Waals surface area contributed by atoms with Crippen LogP contribution >= 0.6 is 0 Å². The van der Waals surface area contributed by atoms with Gasteiger partial charge in [0.05, 0.1) is 20.3 Å². The number of aliphatic hydroxyl groups excluding tert-OH is 2. The largest absolute Gasteiger partial charge is 0.506 e. The molecule has 0 spiro atoms. The van der Waals surface area contributed by atoms with Gasteiger partial charge in [0.1, 0.15) is 5.75 Å². The van der Waals surface area contributed by atoms with Crippen molar-refractivity contribution in [2.75, 3.05) is 0 Å². The van der Waals surface area contributed by atoms with Crippen molar-refractivity contribution in [1.29, 1.82) is 0 Å². The third-order valence-corrected chi connectivity index (χ3v) is 1.47. The average Bonchev–Trinajstić information content (AvgIpc) is 2.14. The molecule has 1 aromatic heterocycles. The second-order valence-electron chi connectivity index (χ2n) is 2.18. The van der Waals surface area contributed by atoms with Crippen LogP contribution in [0.2, 0.25) is 0 Å². The first kappa shape index (κ1) is 4.79. The fourth-order valence-electron chi connectivity index (χ4n) is 0.823. The lowest BCUT2D eigenvalue weighted by molar-refractivity contribution is 0.254. The van der Waals surface area contributed by atoms with Crippen LogP contribution in [0.15, 0.2) is 6.20 Å². The van der Waals surface area contributed by atoms with Gasteiger partial charge in [-0.05, 0) is 6.85 Å². The number of rotatable bonds is 2. The molecule has 0 saturated carbocycles. The molecule has 0 aliphatic heterocycles. The molecule has 1 heterocycles. The van der Waals surface area contributed by atoms with Crippen molar-refractivity contribution in [2.45, 2.75) is 20.0 Å². The second kappa shape index (κ2) is 3.51. The Balaban J connectivity index is 3.44. The predicted octanol–water partition coefficient (Wildman–Crippen LogP) is 0.0802. The van der Waals surface area contributed by atoms with Gasteiger partial charge in [-0.3, -0.25) is 4.98 Å². The molecule has 0 aromatic carbocycles. The van der Waals surface area contributed by atoms with E-state index in [0.29, 0.717) is 0 Å². The minimum Gasteiger partial charge on any atom is -0.506 e. The topological polar surface area (TPSA) is 73.6 Å². The molecular weight excluding hydrogens is 158 g/mol. The van der Waals surface area contributed by atoms with Gasteiger partial charge in [-0.25, -0.2) is 0 Å². The van der Waals surface area contributed by atoms with Crippen molar-refractivity contribution in [2.24, 2.45) is 0 Å². The van der Waals surface area contributed by atoms with Crippen LogP contribution in [0.1, 0.15) is 22.3 Å². The van der Waals surface area contributed by atoms with Crippen molar-refractivity contribution in [3.63, 3.8) is 0 Å². The van der Waals surface area contributed by atoms with E-state index >= 15 is 0 Å². The van der Waals surface area contributed by atoms with Gasteiger partial charge in [-0.15, -0.1) is 0 Å². The van der Waals surface area contributed by atoms with E-state index in [2.05, 4.69) is 4.98 Å². The van der Waals surface area contributed by atoms with Crippen molar-refractivity contribution in [3.05, 3.63) is 23.0 Å². The van der Waals surface area contributed by atoms with E-state index in [1.165, 1.54) is 0 Å². The molecular formula is C8H11NO3. The first-order valence-corrected chi connectivity index (χ1v) is 3.21. The number of hydrogen-bond donors (Lipinski definition) is 3. The third-order valence-electron chi connectivity index (χ3n) is 1.47. The molecule has 0 bridgehead atoms. The van der Waals surface area contributed by atoms with Crippen LogP contribution in [0.3, 0.4) is 0 Å². The summed E-state index contributed by atoms with van der Waals surface area (Å²) in [6, 6.07) is 0. The van der Waals surface area contributed by atoms with Crippen LogP contribution in [-0.2, 0) is 13.2 Å². The van der Waals surface area contributed by atoms with E-state index in [1.807, 2.05) is 0 Å². The summed E-state index contributed by atoms with van der Waals surface area (Å²) in [6.07, 6.45) is 1.02. The first-order valence-electron chi connectivity index (χ1n) is 5.29. The zero-order valence-electron chi connectivity index (χ0n) is 10.2. The number of nitrogens with zero attached hydrogens (tertiary/aromatic N) is 1. The number of aliphatic hydroxyl groups is 2. The van der Waals surface area contributed by atoms with Crippen LogP contribution in [0, 0.1) is 6.85 Å². The molecule has 66 valence electrons. The lowest BCUT2D eigenvalue weighted by Crippen LogP contribution is -1.98. The van der Waals surface area contributed by atoms with Gasteiger partial charge < -0.3 is 15.3 Å².